The summed E-state index contributed by atoms with van der Waals surface area (Å²) in [6.07, 6.45) is 6.46. The van der Waals surface area contributed by atoms with Crippen LogP contribution < -0.4 is 5.32 Å². The van der Waals surface area contributed by atoms with E-state index in [9.17, 15) is 5.11 Å². The predicted octanol–water partition coefficient (Wildman–Crippen LogP) is 5.65. The summed E-state index contributed by atoms with van der Waals surface area (Å²) < 4.78 is 0. The summed E-state index contributed by atoms with van der Waals surface area (Å²) in [6.45, 7) is 0. The molecule has 0 heterocycles. The first-order valence-electron chi connectivity index (χ1n) is 11.8. The summed E-state index contributed by atoms with van der Waals surface area (Å²) in [7, 11) is 0. The van der Waals surface area contributed by atoms with Crippen LogP contribution in [0, 0.1) is 11.8 Å². The van der Waals surface area contributed by atoms with Crippen molar-refractivity contribution in [3.05, 3.63) is 108 Å². The molecule has 4 bridgehead atoms. The molecule has 31 heavy (non-hydrogen) atoms. The average Bonchev–Trinajstić information content (AvgIpc) is 2.78. The highest BCUT2D eigenvalue weighted by atomic mass is 16.3. The van der Waals surface area contributed by atoms with Gasteiger partial charge in [-0.2, -0.15) is 0 Å². The minimum absolute atomic E-state index is 0.0413. The van der Waals surface area contributed by atoms with Crippen LogP contribution in [0.15, 0.2) is 91.0 Å². The van der Waals surface area contributed by atoms with Crippen LogP contribution in [0.2, 0.25) is 0 Å². The van der Waals surface area contributed by atoms with E-state index in [4.69, 9.17) is 0 Å². The number of nitrogens with one attached hydrogen (secondary N) is 1. The lowest BCUT2D eigenvalue weighted by atomic mass is 9.50. The number of benzene rings is 3. The van der Waals surface area contributed by atoms with E-state index in [0.717, 1.165) is 19.3 Å². The highest BCUT2D eigenvalue weighted by Crippen LogP contribution is 2.59. The number of aliphatic hydroxyl groups is 1. The van der Waals surface area contributed by atoms with E-state index in [1.165, 1.54) is 36.0 Å². The van der Waals surface area contributed by atoms with Crippen molar-refractivity contribution in [2.75, 3.05) is 0 Å². The van der Waals surface area contributed by atoms with Gasteiger partial charge in [0.25, 0.3) is 0 Å². The summed E-state index contributed by atoms with van der Waals surface area (Å²) in [4.78, 5) is 0. The molecule has 0 aliphatic heterocycles. The van der Waals surface area contributed by atoms with E-state index in [0.29, 0.717) is 11.8 Å². The first kappa shape index (κ1) is 19.3. The number of rotatable bonds is 5. The molecule has 4 saturated carbocycles. The van der Waals surface area contributed by atoms with Crippen LogP contribution in [0.5, 0.6) is 0 Å². The zero-order valence-corrected chi connectivity index (χ0v) is 18.0. The van der Waals surface area contributed by atoms with Crippen molar-refractivity contribution >= 4 is 0 Å². The van der Waals surface area contributed by atoms with Gasteiger partial charge < -0.3 is 5.11 Å². The van der Waals surface area contributed by atoms with E-state index < -0.39 is 11.1 Å². The molecule has 4 aliphatic rings. The summed E-state index contributed by atoms with van der Waals surface area (Å²) in [5, 5.41) is 15.7. The smallest absolute Gasteiger partial charge is 0.0952 e. The third-order valence-electron chi connectivity index (χ3n) is 8.10. The molecule has 2 heteroatoms. The Labute approximate surface area is 185 Å². The SMILES string of the molecule is OC12CC3CC(C1)CC(NC(c1ccccc1)(c1ccccc1)c1ccccc1)(C3)C2. The number of hydrogen-bond donors (Lipinski definition) is 2. The lowest BCUT2D eigenvalue weighted by Crippen LogP contribution is -2.68. The molecule has 0 amide bonds. The monoisotopic (exact) mass is 409 g/mol. The Hall–Kier alpha value is -2.42. The van der Waals surface area contributed by atoms with E-state index in [1.807, 2.05) is 0 Å². The molecule has 2 nitrogen and oxygen atoms in total. The summed E-state index contributed by atoms with van der Waals surface area (Å²) in [5.41, 5.74) is 2.79. The van der Waals surface area contributed by atoms with Gasteiger partial charge in [-0.1, -0.05) is 91.0 Å². The normalized spacial score (nSPS) is 31.6. The minimum atomic E-state index is -0.493. The fourth-order valence-corrected chi connectivity index (χ4v) is 7.54. The Balaban J connectivity index is 1.56. The lowest BCUT2D eigenvalue weighted by Gasteiger charge is -2.62. The topological polar surface area (TPSA) is 32.3 Å². The first-order valence-corrected chi connectivity index (χ1v) is 11.8. The summed E-state index contributed by atoms with van der Waals surface area (Å²) in [6, 6.07) is 32.7. The zero-order valence-electron chi connectivity index (χ0n) is 18.0. The minimum Gasteiger partial charge on any atom is -0.390 e. The maximum absolute atomic E-state index is 11.4. The molecule has 2 N–H and O–H groups in total. The van der Waals surface area contributed by atoms with Crippen LogP contribution in [0.4, 0.5) is 0 Å². The van der Waals surface area contributed by atoms with Gasteiger partial charge in [0.2, 0.25) is 0 Å². The third-order valence-corrected chi connectivity index (χ3v) is 8.10. The van der Waals surface area contributed by atoms with Crippen LogP contribution in [0.1, 0.15) is 55.2 Å². The maximum atomic E-state index is 11.4. The second kappa shape index (κ2) is 7.05. The molecule has 4 aliphatic carbocycles. The standard InChI is InChI=1S/C29H31NO/c31-28-19-22-16-23(20-28)18-27(17-22,21-28)30-29(24-10-4-1-5-11-24,25-12-6-2-7-13-25)26-14-8-3-9-15-26/h1-15,22-23,30-31H,16-21H2. The third kappa shape index (κ3) is 3.16. The predicted molar refractivity (Wildman–Crippen MR) is 125 cm³/mol. The Morgan fingerprint density at radius 1 is 0.645 bits per heavy atom. The lowest BCUT2D eigenvalue weighted by molar-refractivity contribution is -0.146. The van der Waals surface area contributed by atoms with Gasteiger partial charge in [0, 0.05) is 5.54 Å². The maximum Gasteiger partial charge on any atom is 0.0952 e. The average molecular weight is 410 g/mol. The molecular weight excluding hydrogens is 378 g/mol. The quantitative estimate of drug-likeness (QED) is 0.534. The van der Waals surface area contributed by atoms with Crippen molar-refractivity contribution in [1.29, 1.82) is 0 Å². The van der Waals surface area contributed by atoms with E-state index >= 15 is 0 Å². The molecule has 4 fully saturated rings. The van der Waals surface area contributed by atoms with Crippen LogP contribution in [0.25, 0.3) is 0 Å². The fourth-order valence-electron chi connectivity index (χ4n) is 7.54. The Bertz CT molecular complexity index is 935. The molecular formula is C29H31NO. The zero-order chi connectivity index (χ0) is 20.9. The molecule has 2 unspecified atom stereocenters. The molecule has 0 aromatic heterocycles. The highest BCUT2D eigenvalue weighted by Gasteiger charge is 2.59. The highest BCUT2D eigenvalue weighted by molar-refractivity contribution is 5.50. The first-order chi connectivity index (χ1) is 15.1. The van der Waals surface area contributed by atoms with Crippen molar-refractivity contribution in [3.8, 4) is 0 Å². The van der Waals surface area contributed by atoms with Gasteiger partial charge in [-0.15, -0.1) is 0 Å². The van der Waals surface area contributed by atoms with Crippen molar-refractivity contribution in [2.45, 2.75) is 55.2 Å². The number of hydrogen-bond acceptors (Lipinski definition) is 2. The van der Waals surface area contributed by atoms with Crippen molar-refractivity contribution < 1.29 is 5.11 Å². The van der Waals surface area contributed by atoms with Gasteiger partial charge in [-0.25, -0.2) is 0 Å². The Kier molecular flexibility index (Phi) is 4.38. The summed E-state index contributed by atoms with van der Waals surface area (Å²) in [5.74, 6) is 1.28. The van der Waals surface area contributed by atoms with E-state index in [1.54, 1.807) is 0 Å². The van der Waals surface area contributed by atoms with Gasteiger partial charge in [-0.05, 0) is 67.1 Å². The fraction of sp³-hybridized carbons (Fsp3) is 0.379. The van der Waals surface area contributed by atoms with Crippen molar-refractivity contribution in [1.82, 2.24) is 5.32 Å². The Morgan fingerprint density at radius 2 is 1.06 bits per heavy atom. The van der Waals surface area contributed by atoms with Gasteiger partial charge in [0.15, 0.2) is 0 Å². The largest absolute Gasteiger partial charge is 0.390 e. The van der Waals surface area contributed by atoms with Crippen molar-refractivity contribution in [2.24, 2.45) is 11.8 Å². The van der Waals surface area contributed by atoms with Crippen LogP contribution in [0.3, 0.4) is 0 Å². The second-order valence-corrected chi connectivity index (χ2v) is 10.4. The molecule has 2 atom stereocenters. The van der Waals surface area contributed by atoms with E-state index in [-0.39, 0.29) is 5.54 Å². The molecule has 0 saturated heterocycles. The Morgan fingerprint density at radius 3 is 1.45 bits per heavy atom. The molecule has 0 spiro atoms. The molecule has 3 aromatic carbocycles. The molecule has 3 aromatic rings. The van der Waals surface area contributed by atoms with Crippen LogP contribution >= 0.6 is 0 Å². The molecule has 158 valence electrons. The van der Waals surface area contributed by atoms with Gasteiger partial charge in [-0.3, -0.25) is 5.32 Å². The van der Waals surface area contributed by atoms with Gasteiger partial charge >= 0.3 is 0 Å². The van der Waals surface area contributed by atoms with E-state index in [2.05, 4.69) is 96.3 Å². The second-order valence-electron chi connectivity index (χ2n) is 10.4. The van der Waals surface area contributed by atoms with Crippen molar-refractivity contribution in [3.63, 3.8) is 0 Å². The summed E-state index contributed by atoms with van der Waals surface area (Å²) >= 11 is 0. The van der Waals surface area contributed by atoms with Crippen LogP contribution in [-0.2, 0) is 5.54 Å². The van der Waals surface area contributed by atoms with Crippen LogP contribution in [-0.4, -0.2) is 16.2 Å². The van der Waals surface area contributed by atoms with Gasteiger partial charge in [0.1, 0.15) is 0 Å². The molecule has 7 rings (SSSR count). The van der Waals surface area contributed by atoms with Gasteiger partial charge in [0.05, 0.1) is 11.1 Å². The molecule has 0 radical (unpaired) electrons.